The number of aromatic hydroxyl groups is 2. The van der Waals surface area contributed by atoms with Crippen LogP contribution < -0.4 is 4.74 Å². The molecule has 1 aliphatic heterocycles. The van der Waals surface area contributed by atoms with Gasteiger partial charge in [0, 0.05) is 23.3 Å². The number of benzene rings is 2. The van der Waals surface area contributed by atoms with Crippen LogP contribution in [0.3, 0.4) is 0 Å². The summed E-state index contributed by atoms with van der Waals surface area (Å²) >= 11 is 0. The average molecular weight is 424 g/mol. The van der Waals surface area contributed by atoms with Gasteiger partial charge >= 0.3 is 0 Å². The molecule has 2 N–H and O–H groups in total. The first-order valence-corrected chi connectivity index (χ1v) is 10.7. The summed E-state index contributed by atoms with van der Waals surface area (Å²) in [5.41, 5.74) is 0.786. The first kappa shape index (κ1) is 20.0. The van der Waals surface area contributed by atoms with Gasteiger partial charge in [-0.3, -0.25) is 9.59 Å². The normalized spacial score (nSPS) is 22.5. The second-order valence-corrected chi connectivity index (χ2v) is 8.19. The molecule has 2 aromatic rings. The van der Waals surface area contributed by atoms with Gasteiger partial charge in [0.05, 0.1) is 29.9 Å². The third kappa shape index (κ3) is 3.03. The Morgan fingerprint density at radius 3 is 2.52 bits per heavy atom. The molecule has 7 nitrogen and oxygen atoms in total. The largest absolute Gasteiger partial charge is 0.507 e. The van der Waals surface area contributed by atoms with Gasteiger partial charge in [0.1, 0.15) is 17.2 Å². The molecule has 0 radical (unpaired) electrons. The van der Waals surface area contributed by atoms with Crippen LogP contribution in [-0.4, -0.2) is 41.8 Å². The van der Waals surface area contributed by atoms with Gasteiger partial charge in [0.2, 0.25) is 5.78 Å². The summed E-state index contributed by atoms with van der Waals surface area (Å²) < 4.78 is 17.1. The maximum atomic E-state index is 13.4. The molecule has 0 amide bonds. The molecule has 2 unspecified atom stereocenters. The maximum Gasteiger partial charge on any atom is 0.202 e. The number of ketones is 2. The lowest BCUT2D eigenvalue weighted by Crippen LogP contribution is -2.28. The lowest BCUT2D eigenvalue weighted by atomic mass is 9.77. The van der Waals surface area contributed by atoms with E-state index in [1.807, 2.05) is 0 Å². The van der Waals surface area contributed by atoms with E-state index in [1.165, 1.54) is 13.2 Å². The number of carbonyl (C=O) groups is 2. The van der Waals surface area contributed by atoms with Crippen LogP contribution >= 0.6 is 0 Å². The quantitative estimate of drug-likeness (QED) is 0.617. The molecule has 1 saturated heterocycles. The highest BCUT2D eigenvalue weighted by Gasteiger charge is 2.41. The molecule has 2 aromatic carbocycles. The molecule has 7 heteroatoms. The molecule has 3 aliphatic rings. The van der Waals surface area contributed by atoms with Crippen LogP contribution in [0.15, 0.2) is 18.2 Å². The van der Waals surface area contributed by atoms with Crippen molar-refractivity contribution in [2.24, 2.45) is 0 Å². The van der Waals surface area contributed by atoms with E-state index in [1.54, 1.807) is 12.1 Å². The zero-order valence-electron chi connectivity index (χ0n) is 17.3. The number of fused-ring (bicyclic) bond motifs is 3. The summed E-state index contributed by atoms with van der Waals surface area (Å²) in [5.74, 6) is -1.33. The molecule has 5 rings (SSSR count). The second kappa shape index (κ2) is 7.66. The molecule has 31 heavy (non-hydrogen) atoms. The summed E-state index contributed by atoms with van der Waals surface area (Å²) in [5, 5.41) is 22.3. The van der Waals surface area contributed by atoms with Crippen molar-refractivity contribution in [3.8, 4) is 17.2 Å². The zero-order chi connectivity index (χ0) is 21.7. The Kier molecular flexibility index (Phi) is 4.95. The molecule has 2 aliphatic carbocycles. The highest BCUT2D eigenvalue weighted by atomic mass is 16.7. The van der Waals surface area contributed by atoms with Gasteiger partial charge in [-0.15, -0.1) is 0 Å². The third-order valence-corrected chi connectivity index (χ3v) is 6.43. The SMILES string of the molecule is COc1cccc2c1C(=O)c1c(O)c3c(c(O)c1C2=O)CCCC3OC1CCCCO1. The number of rotatable bonds is 3. The Bertz CT molecular complexity index is 1080. The number of phenolic OH excluding ortho intramolecular Hbond substituents is 2. The highest BCUT2D eigenvalue weighted by Crippen LogP contribution is 2.50. The maximum absolute atomic E-state index is 13.4. The molecule has 0 saturated carbocycles. The Labute approximate surface area is 179 Å². The van der Waals surface area contributed by atoms with Crippen LogP contribution in [0.1, 0.15) is 81.2 Å². The predicted molar refractivity (Wildman–Crippen MR) is 110 cm³/mol. The van der Waals surface area contributed by atoms with Crippen molar-refractivity contribution in [2.45, 2.75) is 50.9 Å². The van der Waals surface area contributed by atoms with Gasteiger partial charge in [-0.05, 0) is 44.6 Å². The number of hydrogen-bond donors (Lipinski definition) is 2. The van der Waals surface area contributed by atoms with E-state index in [9.17, 15) is 19.8 Å². The summed E-state index contributed by atoms with van der Waals surface area (Å²) in [6.07, 6.45) is 3.66. The van der Waals surface area contributed by atoms with Gasteiger partial charge < -0.3 is 24.4 Å². The van der Waals surface area contributed by atoms with Gasteiger partial charge in [0.25, 0.3) is 0 Å². The van der Waals surface area contributed by atoms with Crippen molar-refractivity contribution >= 4 is 11.6 Å². The fourth-order valence-electron chi connectivity index (χ4n) is 4.97. The summed E-state index contributed by atoms with van der Waals surface area (Å²) in [4.78, 5) is 26.7. The van der Waals surface area contributed by atoms with E-state index in [-0.39, 0.29) is 45.8 Å². The Balaban J connectivity index is 1.66. The first-order valence-electron chi connectivity index (χ1n) is 10.7. The van der Waals surface area contributed by atoms with E-state index >= 15 is 0 Å². The van der Waals surface area contributed by atoms with Crippen molar-refractivity contribution in [3.05, 3.63) is 51.6 Å². The molecular formula is C24H24O7. The molecule has 0 bridgehead atoms. The van der Waals surface area contributed by atoms with E-state index in [4.69, 9.17) is 14.2 Å². The monoisotopic (exact) mass is 424 g/mol. The van der Waals surface area contributed by atoms with Crippen molar-refractivity contribution in [1.82, 2.24) is 0 Å². The minimum atomic E-state index is -0.545. The molecule has 2 atom stereocenters. The van der Waals surface area contributed by atoms with Crippen LogP contribution in [0.2, 0.25) is 0 Å². The number of hydrogen-bond acceptors (Lipinski definition) is 7. The fraction of sp³-hybridized carbons (Fsp3) is 0.417. The topological polar surface area (TPSA) is 102 Å². The third-order valence-electron chi connectivity index (χ3n) is 6.43. The molecular weight excluding hydrogens is 400 g/mol. The smallest absolute Gasteiger partial charge is 0.202 e. The van der Waals surface area contributed by atoms with Crippen molar-refractivity contribution in [2.75, 3.05) is 13.7 Å². The number of carbonyl (C=O) groups excluding carboxylic acids is 2. The molecule has 0 aromatic heterocycles. The minimum absolute atomic E-state index is 0.0982. The van der Waals surface area contributed by atoms with Gasteiger partial charge in [-0.2, -0.15) is 0 Å². The standard InChI is InChI=1S/C24H24O7/c1-29-14-8-4-6-12-17(14)23(27)20-19(21(12)25)22(26)13-7-5-9-15(18(13)24(20)28)31-16-10-2-3-11-30-16/h4,6,8,15-16,26,28H,2-3,5,7,9-11H2,1H3. The van der Waals surface area contributed by atoms with Crippen LogP contribution in [0.25, 0.3) is 0 Å². The van der Waals surface area contributed by atoms with Crippen LogP contribution in [0.5, 0.6) is 17.2 Å². The highest BCUT2D eigenvalue weighted by molar-refractivity contribution is 6.31. The van der Waals surface area contributed by atoms with Crippen LogP contribution in [-0.2, 0) is 15.9 Å². The Hall–Kier alpha value is -2.90. The molecule has 1 heterocycles. The van der Waals surface area contributed by atoms with E-state index in [0.717, 1.165) is 25.7 Å². The summed E-state index contributed by atoms with van der Waals surface area (Å²) in [6, 6.07) is 4.75. The first-order chi connectivity index (χ1) is 15.0. The average Bonchev–Trinajstić information content (AvgIpc) is 2.80. The summed E-state index contributed by atoms with van der Waals surface area (Å²) in [7, 11) is 1.42. The number of phenols is 2. The zero-order valence-corrected chi connectivity index (χ0v) is 17.3. The van der Waals surface area contributed by atoms with Gasteiger partial charge in [-0.25, -0.2) is 0 Å². The van der Waals surface area contributed by atoms with E-state index in [0.29, 0.717) is 30.6 Å². The minimum Gasteiger partial charge on any atom is -0.507 e. The molecule has 162 valence electrons. The lowest BCUT2D eigenvalue weighted by molar-refractivity contribution is -0.192. The van der Waals surface area contributed by atoms with Crippen molar-refractivity contribution in [1.29, 1.82) is 0 Å². The lowest BCUT2D eigenvalue weighted by Gasteiger charge is -2.34. The van der Waals surface area contributed by atoms with Gasteiger partial charge in [-0.1, -0.05) is 12.1 Å². The van der Waals surface area contributed by atoms with E-state index < -0.39 is 17.7 Å². The van der Waals surface area contributed by atoms with Crippen molar-refractivity contribution in [3.63, 3.8) is 0 Å². The second-order valence-electron chi connectivity index (χ2n) is 8.19. The molecule has 1 fully saturated rings. The Morgan fingerprint density at radius 2 is 1.77 bits per heavy atom. The van der Waals surface area contributed by atoms with E-state index in [2.05, 4.69) is 0 Å². The summed E-state index contributed by atoms with van der Waals surface area (Å²) in [6.45, 7) is 0.620. The van der Waals surface area contributed by atoms with Gasteiger partial charge in [0.15, 0.2) is 12.1 Å². The van der Waals surface area contributed by atoms with Crippen LogP contribution in [0.4, 0.5) is 0 Å². The number of ether oxygens (including phenoxy) is 3. The fourth-order valence-corrected chi connectivity index (χ4v) is 4.97. The molecule has 0 spiro atoms. The van der Waals surface area contributed by atoms with Crippen molar-refractivity contribution < 1.29 is 34.0 Å². The van der Waals surface area contributed by atoms with Crippen LogP contribution in [0, 0.1) is 0 Å². The predicted octanol–water partition coefficient (Wildman–Crippen LogP) is 3.80. The Morgan fingerprint density at radius 1 is 0.968 bits per heavy atom. The number of methoxy groups -OCH3 is 1.